The van der Waals surface area contributed by atoms with Crippen molar-refractivity contribution in [3.05, 3.63) is 23.7 Å². The lowest BCUT2D eigenvalue weighted by Gasteiger charge is -2.10. The number of hydrogen-bond donors (Lipinski definition) is 3. The zero-order valence-electron chi connectivity index (χ0n) is 8.73. The molecule has 0 saturated heterocycles. The van der Waals surface area contributed by atoms with Gasteiger partial charge < -0.3 is 15.8 Å². The number of nitrogens with zero attached hydrogens (tertiary/aromatic N) is 2. The summed E-state index contributed by atoms with van der Waals surface area (Å²) in [5.41, 5.74) is 8.31. The van der Waals surface area contributed by atoms with Crippen LogP contribution in [0.2, 0.25) is 0 Å². The van der Waals surface area contributed by atoms with Gasteiger partial charge in [0.05, 0.1) is 17.7 Å². The second-order valence-corrected chi connectivity index (χ2v) is 3.77. The molecule has 2 unspecified atom stereocenters. The van der Waals surface area contributed by atoms with Crippen LogP contribution >= 0.6 is 0 Å². The van der Waals surface area contributed by atoms with Crippen LogP contribution in [0.5, 0.6) is 0 Å². The number of rotatable bonds is 2. The molecule has 0 aliphatic carbocycles. The molecule has 0 radical (unpaired) electrons. The van der Waals surface area contributed by atoms with E-state index in [1.807, 2.05) is 13.0 Å². The molecule has 0 aliphatic rings. The van der Waals surface area contributed by atoms with Crippen LogP contribution in [0.15, 0.2) is 12.3 Å². The number of fused-ring (bicyclic) bond motifs is 1. The van der Waals surface area contributed by atoms with Crippen molar-refractivity contribution in [1.82, 2.24) is 15.0 Å². The van der Waals surface area contributed by atoms with Crippen molar-refractivity contribution in [1.29, 1.82) is 0 Å². The lowest BCUT2D eigenvalue weighted by atomic mass is 10.2. The number of nitrogens with two attached hydrogens (primary N) is 1. The highest BCUT2D eigenvalue weighted by Crippen LogP contribution is 2.15. The summed E-state index contributed by atoms with van der Waals surface area (Å²) in [4.78, 5) is 11.4. The van der Waals surface area contributed by atoms with Gasteiger partial charge in [0, 0.05) is 6.20 Å². The Kier molecular flexibility index (Phi) is 2.42. The highest BCUT2D eigenvalue weighted by molar-refractivity contribution is 5.71. The summed E-state index contributed by atoms with van der Waals surface area (Å²) in [6.45, 7) is 3.60. The molecule has 0 bridgehead atoms. The van der Waals surface area contributed by atoms with E-state index < -0.39 is 12.1 Å². The molecular formula is C10H14N4O. The summed E-state index contributed by atoms with van der Waals surface area (Å²) in [7, 11) is 0. The Balaban J connectivity index is 2.47. The number of imidazole rings is 1. The number of aryl methyl sites for hydroxylation is 1. The minimum Gasteiger partial charge on any atom is -0.391 e. The first-order valence-corrected chi connectivity index (χ1v) is 4.84. The minimum atomic E-state index is -0.633. The molecule has 2 aromatic rings. The molecule has 0 saturated carbocycles. The summed E-state index contributed by atoms with van der Waals surface area (Å²) in [6.07, 6.45) is 1.12. The number of aromatic nitrogens is 3. The zero-order valence-corrected chi connectivity index (χ0v) is 8.73. The van der Waals surface area contributed by atoms with Gasteiger partial charge in [0.1, 0.15) is 5.82 Å². The molecule has 2 rings (SSSR count). The van der Waals surface area contributed by atoms with Crippen LogP contribution in [0.25, 0.3) is 11.2 Å². The third-order valence-electron chi connectivity index (χ3n) is 2.33. The van der Waals surface area contributed by atoms with Gasteiger partial charge in [-0.25, -0.2) is 9.97 Å². The third-order valence-corrected chi connectivity index (χ3v) is 2.33. The molecule has 5 heteroatoms. The molecular weight excluding hydrogens is 192 g/mol. The van der Waals surface area contributed by atoms with Crippen LogP contribution in [0.4, 0.5) is 0 Å². The van der Waals surface area contributed by atoms with Crippen molar-refractivity contribution < 1.29 is 5.11 Å². The molecule has 80 valence electrons. The number of aliphatic hydroxyl groups excluding tert-OH is 1. The van der Waals surface area contributed by atoms with Crippen molar-refractivity contribution >= 4 is 11.2 Å². The van der Waals surface area contributed by atoms with E-state index in [1.54, 1.807) is 13.1 Å². The Morgan fingerprint density at radius 2 is 2.27 bits per heavy atom. The first-order chi connectivity index (χ1) is 7.08. The van der Waals surface area contributed by atoms with Crippen molar-refractivity contribution in [3.63, 3.8) is 0 Å². The largest absolute Gasteiger partial charge is 0.391 e. The summed E-state index contributed by atoms with van der Waals surface area (Å²) in [5, 5.41) is 9.35. The van der Waals surface area contributed by atoms with Gasteiger partial charge in [-0.3, -0.25) is 0 Å². The predicted octanol–water partition coefficient (Wildman–Crippen LogP) is 0.647. The van der Waals surface area contributed by atoms with Gasteiger partial charge in [0.2, 0.25) is 0 Å². The number of aliphatic hydroxyl groups is 1. The molecule has 0 aromatic carbocycles. The van der Waals surface area contributed by atoms with E-state index in [1.165, 1.54) is 0 Å². The lowest BCUT2D eigenvalue weighted by molar-refractivity contribution is 0.161. The second-order valence-electron chi connectivity index (χ2n) is 3.77. The highest BCUT2D eigenvalue weighted by Gasteiger charge is 2.16. The fraction of sp³-hybridized carbons (Fsp3) is 0.400. The summed E-state index contributed by atoms with van der Waals surface area (Å²) < 4.78 is 0. The molecule has 15 heavy (non-hydrogen) atoms. The monoisotopic (exact) mass is 206 g/mol. The maximum Gasteiger partial charge on any atom is 0.177 e. The topological polar surface area (TPSA) is 87.8 Å². The van der Waals surface area contributed by atoms with Crippen LogP contribution in [-0.4, -0.2) is 26.2 Å². The first-order valence-electron chi connectivity index (χ1n) is 4.84. The third kappa shape index (κ3) is 1.84. The molecule has 2 atom stereocenters. The van der Waals surface area contributed by atoms with Crippen LogP contribution in [0.1, 0.15) is 24.4 Å². The average molecular weight is 206 g/mol. The van der Waals surface area contributed by atoms with Crippen molar-refractivity contribution in [3.8, 4) is 0 Å². The molecule has 0 fully saturated rings. The van der Waals surface area contributed by atoms with Gasteiger partial charge in [0.15, 0.2) is 5.65 Å². The van der Waals surface area contributed by atoms with Crippen LogP contribution in [-0.2, 0) is 0 Å². The number of nitrogens with one attached hydrogen (secondary N) is 1. The Morgan fingerprint density at radius 1 is 1.53 bits per heavy atom. The molecule has 0 aliphatic heterocycles. The maximum atomic E-state index is 9.35. The van der Waals surface area contributed by atoms with Crippen LogP contribution in [0.3, 0.4) is 0 Å². The molecule has 2 aromatic heterocycles. The number of hydrogen-bond acceptors (Lipinski definition) is 4. The zero-order chi connectivity index (χ0) is 11.0. The standard InChI is InChI=1S/C10H14N4O/c1-5-3-7-9(12-4-5)14-10(13-7)8(11)6(2)15/h3-4,6,8,15H,11H2,1-2H3,(H,12,13,14). The normalized spacial score (nSPS) is 15.5. The fourth-order valence-corrected chi connectivity index (χ4v) is 1.41. The summed E-state index contributed by atoms with van der Waals surface area (Å²) in [6, 6.07) is 1.45. The SMILES string of the molecule is Cc1cnc2nc(C(N)C(C)O)[nH]c2c1. The van der Waals surface area contributed by atoms with Gasteiger partial charge in [-0.1, -0.05) is 0 Å². The van der Waals surface area contributed by atoms with Gasteiger partial charge >= 0.3 is 0 Å². The molecule has 2 heterocycles. The van der Waals surface area contributed by atoms with E-state index >= 15 is 0 Å². The fourth-order valence-electron chi connectivity index (χ4n) is 1.41. The second kappa shape index (κ2) is 3.60. The van der Waals surface area contributed by atoms with E-state index in [0.717, 1.165) is 11.1 Å². The van der Waals surface area contributed by atoms with Crippen molar-refractivity contribution in [2.75, 3.05) is 0 Å². The predicted molar refractivity (Wildman–Crippen MR) is 57.2 cm³/mol. The van der Waals surface area contributed by atoms with E-state index in [0.29, 0.717) is 11.5 Å². The Labute approximate surface area is 87.4 Å². The number of aromatic amines is 1. The van der Waals surface area contributed by atoms with Gasteiger partial charge in [0.25, 0.3) is 0 Å². The van der Waals surface area contributed by atoms with Crippen molar-refractivity contribution in [2.45, 2.75) is 26.0 Å². The number of pyridine rings is 1. The van der Waals surface area contributed by atoms with E-state index in [2.05, 4.69) is 15.0 Å². The first kappa shape index (κ1) is 10.1. The Morgan fingerprint density at radius 3 is 2.93 bits per heavy atom. The molecule has 5 nitrogen and oxygen atoms in total. The Bertz CT molecular complexity index is 477. The average Bonchev–Trinajstić information content (AvgIpc) is 2.58. The number of H-pyrrole nitrogens is 1. The molecule has 4 N–H and O–H groups in total. The van der Waals surface area contributed by atoms with E-state index in [-0.39, 0.29) is 0 Å². The van der Waals surface area contributed by atoms with Gasteiger partial charge in [-0.2, -0.15) is 0 Å². The van der Waals surface area contributed by atoms with Gasteiger partial charge in [-0.15, -0.1) is 0 Å². The maximum absolute atomic E-state index is 9.35. The summed E-state index contributed by atoms with van der Waals surface area (Å²) in [5.74, 6) is 0.568. The Hall–Kier alpha value is -1.46. The van der Waals surface area contributed by atoms with Gasteiger partial charge in [-0.05, 0) is 25.5 Å². The quantitative estimate of drug-likeness (QED) is 0.673. The van der Waals surface area contributed by atoms with Crippen LogP contribution < -0.4 is 5.73 Å². The van der Waals surface area contributed by atoms with Crippen LogP contribution in [0, 0.1) is 6.92 Å². The van der Waals surface area contributed by atoms with E-state index in [4.69, 9.17) is 5.73 Å². The molecule has 0 amide bonds. The summed E-state index contributed by atoms with van der Waals surface area (Å²) >= 11 is 0. The highest BCUT2D eigenvalue weighted by atomic mass is 16.3. The minimum absolute atomic E-state index is 0.500. The smallest absolute Gasteiger partial charge is 0.177 e. The molecule has 0 spiro atoms. The lowest BCUT2D eigenvalue weighted by Crippen LogP contribution is -2.24. The van der Waals surface area contributed by atoms with Crippen molar-refractivity contribution in [2.24, 2.45) is 5.73 Å². The van der Waals surface area contributed by atoms with E-state index in [9.17, 15) is 5.11 Å².